The van der Waals surface area contributed by atoms with Crippen LogP contribution in [0, 0.1) is 11.3 Å². The number of unbranched alkanes of at least 4 members (excludes halogenated alkanes) is 1. The van der Waals surface area contributed by atoms with Crippen molar-refractivity contribution in [1.29, 1.82) is 5.26 Å². The number of nitrogens with zero attached hydrogens (tertiary/aromatic N) is 3. The van der Waals surface area contributed by atoms with Crippen LogP contribution in [0.4, 0.5) is 0 Å². The average molecular weight is 454 g/mol. The Morgan fingerprint density at radius 1 is 1.15 bits per heavy atom. The number of aromatic amines is 1. The predicted molar refractivity (Wildman–Crippen MR) is 136 cm³/mol. The Hall–Kier alpha value is -3.56. The Kier molecular flexibility index (Phi) is 6.37. The number of likely N-dealkylation sites (tertiary alicyclic amines) is 1. The highest BCUT2D eigenvalue weighted by atomic mass is 16.1. The molecule has 2 aromatic heterocycles. The van der Waals surface area contributed by atoms with Gasteiger partial charge in [0.2, 0.25) is 0 Å². The smallest absolute Gasteiger partial charge is 0.252 e. The first-order chi connectivity index (χ1) is 16.6. The van der Waals surface area contributed by atoms with Gasteiger partial charge in [-0.3, -0.25) is 4.79 Å². The molecular weight excluding hydrogens is 422 g/mol. The van der Waals surface area contributed by atoms with E-state index in [1.54, 1.807) is 0 Å². The fourth-order valence-electron chi connectivity index (χ4n) is 5.17. The van der Waals surface area contributed by atoms with Crippen LogP contribution in [-0.4, -0.2) is 46.0 Å². The van der Waals surface area contributed by atoms with Gasteiger partial charge < -0.3 is 19.8 Å². The number of amides is 1. The molecule has 1 saturated heterocycles. The third-order valence-corrected chi connectivity index (χ3v) is 7.16. The normalized spacial score (nSPS) is 15.1. The summed E-state index contributed by atoms with van der Waals surface area (Å²) in [5.74, 6) is 0.0357. The van der Waals surface area contributed by atoms with Gasteiger partial charge in [-0.1, -0.05) is 6.07 Å². The predicted octanol–water partition coefficient (Wildman–Crippen LogP) is 4.75. The van der Waals surface area contributed by atoms with Crippen molar-refractivity contribution in [1.82, 2.24) is 19.8 Å². The van der Waals surface area contributed by atoms with Crippen molar-refractivity contribution in [3.05, 3.63) is 71.5 Å². The molecule has 34 heavy (non-hydrogen) atoms. The number of hydrogen-bond acceptors (Lipinski definition) is 3. The summed E-state index contributed by atoms with van der Waals surface area (Å²) in [4.78, 5) is 18.8. The fraction of sp³-hybridized carbons (Fsp3) is 0.357. The molecule has 0 bridgehead atoms. The zero-order valence-corrected chi connectivity index (χ0v) is 19.7. The van der Waals surface area contributed by atoms with Gasteiger partial charge in [0.1, 0.15) is 0 Å². The molecule has 6 nitrogen and oxygen atoms in total. The van der Waals surface area contributed by atoms with E-state index in [4.69, 9.17) is 5.26 Å². The van der Waals surface area contributed by atoms with E-state index in [2.05, 4.69) is 27.5 Å². The molecular formula is C28H31N5O. The number of fused-ring (bicyclic) bond motifs is 2. The number of hydrogen-bond donors (Lipinski definition) is 2. The van der Waals surface area contributed by atoms with Crippen LogP contribution in [-0.2, 0) is 13.5 Å². The number of rotatable bonds is 7. The molecule has 0 aliphatic carbocycles. The van der Waals surface area contributed by atoms with Crippen LogP contribution in [0.25, 0.3) is 21.8 Å². The van der Waals surface area contributed by atoms with Crippen LogP contribution in [0.3, 0.4) is 0 Å². The summed E-state index contributed by atoms with van der Waals surface area (Å²) in [5, 5.41) is 14.6. The second kappa shape index (κ2) is 9.74. The molecule has 1 aliphatic heterocycles. The van der Waals surface area contributed by atoms with Crippen molar-refractivity contribution in [2.45, 2.75) is 38.1 Å². The molecule has 1 amide bonds. The van der Waals surface area contributed by atoms with Gasteiger partial charge in [-0.2, -0.15) is 5.26 Å². The average Bonchev–Trinajstić information content (AvgIpc) is 3.45. The molecule has 1 aliphatic rings. The maximum atomic E-state index is 12.9. The maximum Gasteiger partial charge on any atom is 0.252 e. The largest absolute Gasteiger partial charge is 0.361 e. The van der Waals surface area contributed by atoms with Gasteiger partial charge in [0.05, 0.1) is 11.6 Å². The minimum Gasteiger partial charge on any atom is -0.361 e. The lowest BCUT2D eigenvalue weighted by Gasteiger charge is -2.32. The highest BCUT2D eigenvalue weighted by Crippen LogP contribution is 2.22. The Labute approximate surface area is 200 Å². The first-order valence-corrected chi connectivity index (χ1v) is 12.2. The summed E-state index contributed by atoms with van der Waals surface area (Å²) in [5.41, 5.74) is 4.95. The number of H-pyrrole nitrogens is 1. The molecule has 0 spiro atoms. The lowest BCUT2D eigenvalue weighted by atomic mass is 10.0. The second-order valence-electron chi connectivity index (χ2n) is 9.40. The molecule has 4 aromatic rings. The Morgan fingerprint density at radius 3 is 2.82 bits per heavy atom. The van der Waals surface area contributed by atoms with E-state index in [1.807, 2.05) is 60.3 Å². The van der Waals surface area contributed by atoms with E-state index in [0.717, 1.165) is 73.7 Å². The molecule has 5 rings (SSSR count). The second-order valence-corrected chi connectivity index (χ2v) is 9.40. The van der Waals surface area contributed by atoms with E-state index >= 15 is 0 Å². The molecule has 3 heterocycles. The zero-order chi connectivity index (χ0) is 23.5. The van der Waals surface area contributed by atoms with Gasteiger partial charge >= 0.3 is 0 Å². The Balaban J connectivity index is 1.07. The van der Waals surface area contributed by atoms with Crippen LogP contribution >= 0.6 is 0 Å². The van der Waals surface area contributed by atoms with E-state index < -0.39 is 0 Å². The topological polar surface area (TPSA) is 76.8 Å². The van der Waals surface area contributed by atoms with Crippen molar-refractivity contribution >= 4 is 27.7 Å². The third-order valence-electron chi connectivity index (χ3n) is 7.16. The summed E-state index contributed by atoms with van der Waals surface area (Å²) >= 11 is 0. The Morgan fingerprint density at radius 2 is 2.00 bits per heavy atom. The van der Waals surface area contributed by atoms with Crippen molar-refractivity contribution in [2.24, 2.45) is 7.05 Å². The van der Waals surface area contributed by atoms with Gasteiger partial charge in [0.25, 0.3) is 5.91 Å². The number of nitriles is 1. The summed E-state index contributed by atoms with van der Waals surface area (Å²) in [6.45, 7) is 3.15. The molecule has 2 aromatic carbocycles. The van der Waals surface area contributed by atoms with Crippen LogP contribution in [0.1, 0.15) is 47.2 Å². The summed E-state index contributed by atoms with van der Waals surface area (Å²) < 4.78 is 2.05. The van der Waals surface area contributed by atoms with Crippen molar-refractivity contribution < 1.29 is 4.79 Å². The van der Waals surface area contributed by atoms with Gasteiger partial charge in [-0.25, -0.2) is 0 Å². The van der Waals surface area contributed by atoms with E-state index in [0.29, 0.717) is 5.56 Å². The van der Waals surface area contributed by atoms with Crippen LogP contribution in [0.5, 0.6) is 0 Å². The first-order valence-electron chi connectivity index (χ1n) is 12.2. The Bertz CT molecular complexity index is 1350. The first kappa shape index (κ1) is 22.2. The number of carbonyl (C=O) groups excluding carboxylic acids is 1. The van der Waals surface area contributed by atoms with Gasteiger partial charge in [0.15, 0.2) is 0 Å². The molecule has 0 radical (unpaired) electrons. The zero-order valence-electron chi connectivity index (χ0n) is 19.7. The lowest BCUT2D eigenvalue weighted by Crippen LogP contribution is -2.44. The number of benzene rings is 2. The fourth-order valence-corrected chi connectivity index (χ4v) is 5.17. The quantitative estimate of drug-likeness (QED) is 0.397. The summed E-state index contributed by atoms with van der Waals surface area (Å²) in [6, 6.07) is 16.2. The van der Waals surface area contributed by atoms with Gasteiger partial charge in [-0.05, 0) is 80.6 Å². The van der Waals surface area contributed by atoms with Crippen molar-refractivity contribution in [3.8, 4) is 6.07 Å². The molecule has 0 saturated carbocycles. The molecule has 0 atom stereocenters. The van der Waals surface area contributed by atoms with Crippen molar-refractivity contribution in [3.63, 3.8) is 0 Å². The standard InChI is InChI=1S/C28H31N5O/c1-32-14-12-23-24(6-4-7-27(23)32)28(34)31-22-10-15-33(16-11-22)13-3-2-5-21-19-30-26-9-8-20(18-29)17-25(21)26/h4,6-9,12,14,17,19,22,30H,2-3,5,10-11,13,15-16H2,1H3,(H,31,34). The van der Waals surface area contributed by atoms with E-state index in [9.17, 15) is 4.79 Å². The van der Waals surface area contributed by atoms with E-state index in [-0.39, 0.29) is 11.9 Å². The van der Waals surface area contributed by atoms with E-state index in [1.165, 1.54) is 10.9 Å². The minimum atomic E-state index is 0.0357. The minimum absolute atomic E-state index is 0.0357. The molecule has 6 heteroatoms. The number of nitrogens with one attached hydrogen (secondary N) is 2. The molecule has 1 fully saturated rings. The lowest BCUT2D eigenvalue weighted by molar-refractivity contribution is 0.0912. The van der Waals surface area contributed by atoms with Gasteiger partial charge in [0, 0.05) is 65.9 Å². The maximum absolute atomic E-state index is 12.9. The number of aryl methyl sites for hydroxylation is 2. The number of aromatic nitrogens is 2. The molecule has 174 valence electrons. The number of piperidine rings is 1. The summed E-state index contributed by atoms with van der Waals surface area (Å²) in [7, 11) is 2.00. The van der Waals surface area contributed by atoms with Crippen LogP contribution in [0.15, 0.2) is 54.9 Å². The highest BCUT2D eigenvalue weighted by Gasteiger charge is 2.22. The molecule has 2 N–H and O–H groups in total. The third kappa shape index (κ3) is 4.57. The SMILES string of the molecule is Cn1ccc2c(C(=O)NC3CCN(CCCCc4c[nH]c5ccc(C#N)cc45)CC3)cccc21. The molecule has 0 unspecified atom stereocenters. The van der Waals surface area contributed by atoms with Crippen molar-refractivity contribution in [2.75, 3.05) is 19.6 Å². The number of carbonyl (C=O) groups is 1. The van der Waals surface area contributed by atoms with Gasteiger partial charge in [-0.15, -0.1) is 0 Å². The summed E-state index contributed by atoms with van der Waals surface area (Å²) in [6.07, 6.45) is 9.37. The van der Waals surface area contributed by atoms with Crippen LogP contribution < -0.4 is 5.32 Å². The highest BCUT2D eigenvalue weighted by molar-refractivity contribution is 6.06. The monoisotopic (exact) mass is 453 g/mol. The van der Waals surface area contributed by atoms with Crippen LogP contribution in [0.2, 0.25) is 0 Å².